The van der Waals surface area contributed by atoms with E-state index in [9.17, 15) is 9.59 Å². The van der Waals surface area contributed by atoms with Crippen LogP contribution in [0.1, 0.15) is 38.3 Å². The van der Waals surface area contributed by atoms with Crippen LogP contribution in [-0.2, 0) is 16.0 Å². The Morgan fingerprint density at radius 2 is 1.69 bits per heavy atom. The number of hydrogen-bond acceptors (Lipinski definition) is 3. The minimum Gasteiger partial charge on any atom is -0.372 e. The molecule has 0 aliphatic rings. The fourth-order valence-corrected chi connectivity index (χ4v) is 3.46. The summed E-state index contributed by atoms with van der Waals surface area (Å²) in [6, 6.07) is 16.2. The van der Waals surface area contributed by atoms with Gasteiger partial charge in [-0.1, -0.05) is 30.3 Å². The largest absolute Gasteiger partial charge is 0.372 e. The lowest BCUT2D eigenvalue weighted by Gasteiger charge is -2.26. The average Bonchev–Trinajstić information content (AvgIpc) is 2.71. The van der Waals surface area contributed by atoms with Crippen LogP contribution in [0.5, 0.6) is 0 Å². The second kappa shape index (κ2) is 11.2. The van der Waals surface area contributed by atoms with Crippen LogP contribution >= 0.6 is 0 Å². The first-order chi connectivity index (χ1) is 14.0. The molecule has 2 aromatic carbocycles. The Balaban J connectivity index is 1.95. The lowest BCUT2D eigenvalue weighted by Crippen LogP contribution is -2.40. The summed E-state index contributed by atoms with van der Waals surface area (Å²) in [6.07, 6.45) is 1.79. The number of hydrogen-bond donors (Lipinski definition) is 1. The number of nitrogens with one attached hydrogen (secondary N) is 1. The topological polar surface area (TPSA) is 52.6 Å². The number of nitrogens with zero attached hydrogens (tertiary/aromatic N) is 2. The molecule has 29 heavy (non-hydrogen) atoms. The van der Waals surface area contributed by atoms with Gasteiger partial charge in [0.05, 0.1) is 0 Å². The van der Waals surface area contributed by atoms with Crippen molar-refractivity contribution in [2.24, 2.45) is 0 Å². The summed E-state index contributed by atoms with van der Waals surface area (Å²) in [5.41, 5.74) is 4.16. The Morgan fingerprint density at radius 3 is 2.28 bits per heavy atom. The van der Waals surface area contributed by atoms with E-state index in [1.165, 1.54) is 12.5 Å². The molecule has 0 saturated heterocycles. The molecule has 156 valence electrons. The van der Waals surface area contributed by atoms with E-state index in [-0.39, 0.29) is 18.4 Å². The van der Waals surface area contributed by atoms with Crippen LogP contribution < -0.4 is 15.1 Å². The third-order valence-corrected chi connectivity index (χ3v) is 5.09. The number of benzene rings is 2. The first kappa shape index (κ1) is 22.5. The van der Waals surface area contributed by atoms with Gasteiger partial charge >= 0.3 is 0 Å². The van der Waals surface area contributed by atoms with Crippen molar-refractivity contribution in [1.82, 2.24) is 5.32 Å². The van der Waals surface area contributed by atoms with E-state index in [0.29, 0.717) is 6.54 Å². The average molecular weight is 396 g/mol. The van der Waals surface area contributed by atoms with E-state index in [2.05, 4.69) is 42.3 Å². The molecule has 0 aromatic heterocycles. The Labute approximate surface area is 174 Å². The standard InChI is InChI=1S/C24H33N3O2/c1-5-26(6-2)22-14-15-23(19(3)17-22)27(20(4)28)18-24(29)25-16-10-13-21-11-8-7-9-12-21/h7-9,11-12,14-15,17H,5-6,10,13,16,18H2,1-4H3,(H,25,29). The van der Waals surface area contributed by atoms with Crippen molar-refractivity contribution in [3.05, 3.63) is 59.7 Å². The number of carbonyl (C=O) groups excluding carboxylic acids is 2. The predicted octanol–water partition coefficient (Wildman–Crippen LogP) is 3.94. The van der Waals surface area contributed by atoms with Crippen molar-refractivity contribution in [3.8, 4) is 0 Å². The Hall–Kier alpha value is -2.82. The first-order valence-electron chi connectivity index (χ1n) is 10.4. The predicted molar refractivity (Wildman–Crippen MR) is 121 cm³/mol. The van der Waals surface area contributed by atoms with E-state index in [1.807, 2.05) is 37.3 Å². The highest BCUT2D eigenvalue weighted by Crippen LogP contribution is 2.26. The normalized spacial score (nSPS) is 10.5. The summed E-state index contributed by atoms with van der Waals surface area (Å²) in [7, 11) is 0. The molecule has 0 bridgehead atoms. The summed E-state index contributed by atoms with van der Waals surface area (Å²) in [6.45, 7) is 10.2. The van der Waals surface area contributed by atoms with E-state index in [4.69, 9.17) is 0 Å². The second-order valence-corrected chi connectivity index (χ2v) is 7.19. The van der Waals surface area contributed by atoms with Crippen LogP contribution in [0.2, 0.25) is 0 Å². The molecule has 2 aromatic rings. The first-order valence-corrected chi connectivity index (χ1v) is 10.4. The molecule has 0 unspecified atom stereocenters. The van der Waals surface area contributed by atoms with E-state index < -0.39 is 0 Å². The minimum absolute atomic E-state index is 0.0339. The summed E-state index contributed by atoms with van der Waals surface area (Å²) in [4.78, 5) is 28.4. The van der Waals surface area contributed by atoms with Crippen molar-refractivity contribution >= 4 is 23.2 Å². The highest BCUT2D eigenvalue weighted by atomic mass is 16.2. The summed E-state index contributed by atoms with van der Waals surface area (Å²) in [5.74, 6) is -0.274. The van der Waals surface area contributed by atoms with Gasteiger partial charge in [0, 0.05) is 37.9 Å². The fourth-order valence-electron chi connectivity index (χ4n) is 3.46. The van der Waals surface area contributed by atoms with Gasteiger partial charge in [-0.3, -0.25) is 9.59 Å². The van der Waals surface area contributed by atoms with Crippen LogP contribution in [0.3, 0.4) is 0 Å². The molecule has 2 amide bonds. The molecule has 0 aliphatic heterocycles. The Kier molecular flexibility index (Phi) is 8.71. The van der Waals surface area contributed by atoms with Gasteiger partial charge in [-0.25, -0.2) is 0 Å². The maximum Gasteiger partial charge on any atom is 0.240 e. The van der Waals surface area contributed by atoms with Gasteiger partial charge in [0.1, 0.15) is 6.54 Å². The molecule has 0 fully saturated rings. The zero-order valence-corrected chi connectivity index (χ0v) is 18.1. The van der Waals surface area contributed by atoms with Crippen molar-refractivity contribution < 1.29 is 9.59 Å². The molecule has 0 saturated carbocycles. The molecule has 5 nitrogen and oxygen atoms in total. The van der Waals surface area contributed by atoms with E-state index >= 15 is 0 Å². The molecular weight excluding hydrogens is 362 g/mol. The van der Waals surface area contributed by atoms with E-state index in [1.54, 1.807) is 4.90 Å². The van der Waals surface area contributed by atoms with Crippen LogP contribution in [0, 0.1) is 6.92 Å². The van der Waals surface area contributed by atoms with Crippen LogP contribution in [-0.4, -0.2) is 38.0 Å². The Bertz CT molecular complexity index is 801. The lowest BCUT2D eigenvalue weighted by molar-refractivity contribution is -0.123. The van der Waals surface area contributed by atoms with Crippen LogP contribution in [0.25, 0.3) is 0 Å². The van der Waals surface area contributed by atoms with Gasteiger partial charge in [-0.05, 0) is 62.9 Å². The molecule has 0 heterocycles. The van der Waals surface area contributed by atoms with Gasteiger partial charge in [-0.15, -0.1) is 0 Å². The molecule has 0 radical (unpaired) electrons. The molecule has 2 rings (SSSR count). The number of amides is 2. The Morgan fingerprint density at radius 1 is 1.00 bits per heavy atom. The number of carbonyl (C=O) groups is 2. The SMILES string of the molecule is CCN(CC)c1ccc(N(CC(=O)NCCCc2ccccc2)C(C)=O)c(C)c1. The van der Waals surface area contributed by atoms with E-state index in [0.717, 1.165) is 42.9 Å². The molecule has 0 atom stereocenters. The third-order valence-electron chi connectivity index (χ3n) is 5.09. The second-order valence-electron chi connectivity index (χ2n) is 7.19. The smallest absolute Gasteiger partial charge is 0.240 e. The highest BCUT2D eigenvalue weighted by Gasteiger charge is 2.18. The maximum absolute atomic E-state index is 12.4. The van der Waals surface area contributed by atoms with Crippen LogP contribution in [0.15, 0.2) is 48.5 Å². The van der Waals surface area contributed by atoms with Gasteiger partial charge in [0.15, 0.2) is 0 Å². The van der Waals surface area contributed by atoms with Crippen molar-refractivity contribution in [2.75, 3.05) is 36.0 Å². The summed E-state index contributed by atoms with van der Waals surface area (Å²) < 4.78 is 0. The zero-order valence-electron chi connectivity index (χ0n) is 18.1. The summed E-state index contributed by atoms with van der Waals surface area (Å²) in [5, 5.41) is 2.93. The van der Waals surface area contributed by atoms with Crippen LogP contribution in [0.4, 0.5) is 11.4 Å². The maximum atomic E-state index is 12.4. The zero-order chi connectivity index (χ0) is 21.2. The third kappa shape index (κ3) is 6.63. The molecule has 0 aliphatic carbocycles. The van der Waals surface area contributed by atoms with Gasteiger partial charge in [0.2, 0.25) is 11.8 Å². The number of aryl methyl sites for hydroxylation is 2. The number of anilines is 2. The van der Waals surface area contributed by atoms with Gasteiger partial charge < -0.3 is 15.1 Å². The fraction of sp³-hybridized carbons (Fsp3) is 0.417. The quantitative estimate of drug-likeness (QED) is 0.620. The molecule has 1 N–H and O–H groups in total. The number of rotatable bonds is 10. The van der Waals surface area contributed by atoms with Gasteiger partial charge in [-0.2, -0.15) is 0 Å². The van der Waals surface area contributed by atoms with Crippen molar-refractivity contribution in [3.63, 3.8) is 0 Å². The molecular formula is C24H33N3O2. The monoisotopic (exact) mass is 395 g/mol. The minimum atomic E-state index is -0.138. The lowest BCUT2D eigenvalue weighted by atomic mass is 10.1. The van der Waals surface area contributed by atoms with Crippen molar-refractivity contribution in [1.29, 1.82) is 0 Å². The summed E-state index contributed by atoms with van der Waals surface area (Å²) >= 11 is 0. The van der Waals surface area contributed by atoms with Crippen molar-refractivity contribution in [2.45, 2.75) is 40.5 Å². The highest BCUT2D eigenvalue weighted by molar-refractivity contribution is 5.98. The molecule has 0 spiro atoms. The van der Waals surface area contributed by atoms with Gasteiger partial charge in [0.25, 0.3) is 0 Å². The molecule has 5 heteroatoms.